The molecule has 2 aromatic rings. The summed E-state index contributed by atoms with van der Waals surface area (Å²) in [6.07, 6.45) is 1.51. The Morgan fingerprint density at radius 1 is 1.32 bits per heavy atom. The number of pyridine rings is 1. The number of amides is 1. The SMILES string of the molecule is Cn1cc(NC(=O)c2ccc(F)cc2Br)ccc1=O. The van der Waals surface area contributed by atoms with E-state index in [2.05, 4.69) is 21.2 Å². The molecule has 0 aliphatic rings. The first kappa shape index (κ1) is 13.5. The second kappa shape index (κ2) is 5.36. The van der Waals surface area contributed by atoms with Crippen LogP contribution in [0, 0.1) is 5.82 Å². The molecule has 98 valence electrons. The smallest absolute Gasteiger partial charge is 0.256 e. The molecule has 0 spiro atoms. The average molecular weight is 325 g/mol. The second-order valence-electron chi connectivity index (χ2n) is 3.95. The predicted octanol–water partition coefficient (Wildman–Crippen LogP) is 2.54. The molecule has 0 radical (unpaired) electrons. The molecule has 0 unspecified atom stereocenters. The van der Waals surface area contributed by atoms with Crippen LogP contribution in [0.4, 0.5) is 10.1 Å². The summed E-state index contributed by atoms with van der Waals surface area (Å²) < 4.78 is 14.7. The normalized spacial score (nSPS) is 10.3. The highest BCUT2D eigenvalue weighted by Gasteiger charge is 2.11. The van der Waals surface area contributed by atoms with Crippen molar-refractivity contribution in [1.82, 2.24) is 4.57 Å². The van der Waals surface area contributed by atoms with Gasteiger partial charge in [0.15, 0.2) is 0 Å². The van der Waals surface area contributed by atoms with E-state index < -0.39 is 5.82 Å². The first-order valence-electron chi connectivity index (χ1n) is 5.40. The number of aryl methyl sites for hydroxylation is 1. The zero-order chi connectivity index (χ0) is 14.0. The van der Waals surface area contributed by atoms with E-state index in [1.807, 2.05) is 0 Å². The van der Waals surface area contributed by atoms with E-state index in [-0.39, 0.29) is 11.5 Å². The molecular weight excluding hydrogens is 315 g/mol. The zero-order valence-corrected chi connectivity index (χ0v) is 11.6. The second-order valence-corrected chi connectivity index (χ2v) is 4.80. The Kier molecular flexibility index (Phi) is 3.80. The standard InChI is InChI=1S/C13H10BrFN2O2/c1-17-7-9(3-5-12(17)18)16-13(19)10-4-2-8(15)6-11(10)14/h2-7H,1H3,(H,16,19). The van der Waals surface area contributed by atoms with Crippen molar-refractivity contribution in [1.29, 1.82) is 0 Å². The summed E-state index contributed by atoms with van der Waals surface area (Å²) in [5.41, 5.74) is 0.638. The number of hydrogen-bond acceptors (Lipinski definition) is 2. The number of halogens is 2. The minimum absolute atomic E-state index is 0.166. The molecule has 0 aliphatic carbocycles. The molecule has 2 rings (SSSR count). The fraction of sp³-hybridized carbons (Fsp3) is 0.0769. The van der Waals surface area contributed by atoms with Gasteiger partial charge >= 0.3 is 0 Å². The first-order valence-corrected chi connectivity index (χ1v) is 6.20. The highest BCUT2D eigenvalue weighted by molar-refractivity contribution is 9.10. The monoisotopic (exact) mass is 324 g/mol. The third-order valence-corrected chi connectivity index (χ3v) is 3.18. The summed E-state index contributed by atoms with van der Waals surface area (Å²) in [5, 5.41) is 2.64. The summed E-state index contributed by atoms with van der Waals surface area (Å²) in [5.74, 6) is -0.809. The van der Waals surface area contributed by atoms with Crippen LogP contribution in [0.2, 0.25) is 0 Å². The van der Waals surface area contributed by atoms with Crippen molar-refractivity contribution in [2.75, 3.05) is 5.32 Å². The van der Waals surface area contributed by atoms with E-state index in [1.165, 1.54) is 41.1 Å². The average Bonchev–Trinajstić information content (AvgIpc) is 2.33. The molecule has 1 heterocycles. The summed E-state index contributed by atoms with van der Waals surface area (Å²) >= 11 is 3.13. The quantitative estimate of drug-likeness (QED) is 0.922. The summed E-state index contributed by atoms with van der Waals surface area (Å²) in [6, 6.07) is 6.68. The summed E-state index contributed by atoms with van der Waals surface area (Å²) in [4.78, 5) is 23.2. The van der Waals surface area contributed by atoms with Crippen LogP contribution in [0.1, 0.15) is 10.4 Å². The van der Waals surface area contributed by atoms with Crippen LogP contribution < -0.4 is 10.9 Å². The van der Waals surface area contributed by atoms with Crippen molar-refractivity contribution >= 4 is 27.5 Å². The Morgan fingerprint density at radius 3 is 2.68 bits per heavy atom. The number of aromatic nitrogens is 1. The maximum atomic E-state index is 12.9. The maximum absolute atomic E-state index is 12.9. The Balaban J connectivity index is 2.25. The highest BCUT2D eigenvalue weighted by Crippen LogP contribution is 2.19. The number of carbonyl (C=O) groups is 1. The molecule has 4 nitrogen and oxygen atoms in total. The largest absolute Gasteiger partial charge is 0.321 e. The van der Waals surface area contributed by atoms with Crippen molar-refractivity contribution < 1.29 is 9.18 Å². The van der Waals surface area contributed by atoms with Crippen LogP contribution in [0.15, 0.2) is 45.8 Å². The summed E-state index contributed by atoms with van der Waals surface area (Å²) in [6.45, 7) is 0. The van der Waals surface area contributed by atoms with Crippen LogP contribution in [0.25, 0.3) is 0 Å². The van der Waals surface area contributed by atoms with E-state index in [9.17, 15) is 14.0 Å². The number of anilines is 1. The lowest BCUT2D eigenvalue weighted by Crippen LogP contribution is -2.18. The van der Waals surface area contributed by atoms with Gasteiger partial charge in [0.2, 0.25) is 5.56 Å². The molecule has 0 saturated carbocycles. The van der Waals surface area contributed by atoms with Gasteiger partial charge in [-0.3, -0.25) is 9.59 Å². The van der Waals surface area contributed by atoms with Gasteiger partial charge in [0, 0.05) is 23.8 Å². The molecule has 0 saturated heterocycles. The maximum Gasteiger partial charge on any atom is 0.256 e. The molecule has 0 bridgehead atoms. The van der Waals surface area contributed by atoms with E-state index in [0.717, 1.165) is 0 Å². The molecule has 0 atom stereocenters. The first-order chi connectivity index (χ1) is 8.97. The van der Waals surface area contributed by atoms with Crippen molar-refractivity contribution in [3.63, 3.8) is 0 Å². The van der Waals surface area contributed by atoms with Gasteiger partial charge in [0.1, 0.15) is 5.82 Å². The number of rotatable bonds is 2. The Bertz CT molecular complexity index is 697. The lowest BCUT2D eigenvalue weighted by molar-refractivity contribution is 0.102. The fourth-order valence-corrected chi connectivity index (χ4v) is 2.07. The predicted molar refractivity (Wildman–Crippen MR) is 73.7 cm³/mol. The van der Waals surface area contributed by atoms with Crippen molar-refractivity contribution in [2.24, 2.45) is 7.05 Å². The van der Waals surface area contributed by atoms with E-state index in [4.69, 9.17) is 0 Å². The highest BCUT2D eigenvalue weighted by atomic mass is 79.9. The van der Waals surface area contributed by atoms with Crippen molar-refractivity contribution in [3.8, 4) is 0 Å². The number of hydrogen-bond donors (Lipinski definition) is 1. The van der Waals surface area contributed by atoms with Gasteiger partial charge < -0.3 is 9.88 Å². The van der Waals surface area contributed by atoms with Crippen LogP contribution in [0.5, 0.6) is 0 Å². The molecule has 6 heteroatoms. The molecule has 0 fully saturated rings. The lowest BCUT2D eigenvalue weighted by atomic mass is 10.2. The van der Waals surface area contributed by atoms with Crippen LogP contribution in [0.3, 0.4) is 0 Å². The third kappa shape index (κ3) is 3.08. The van der Waals surface area contributed by atoms with Crippen LogP contribution in [-0.2, 0) is 7.05 Å². The number of nitrogens with one attached hydrogen (secondary N) is 1. The lowest BCUT2D eigenvalue weighted by Gasteiger charge is -2.08. The number of benzene rings is 1. The molecule has 19 heavy (non-hydrogen) atoms. The molecule has 1 N–H and O–H groups in total. The van der Waals surface area contributed by atoms with Gasteiger partial charge in [-0.25, -0.2) is 4.39 Å². The Morgan fingerprint density at radius 2 is 2.05 bits per heavy atom. The van der Waals surface area contributed by atoms with Gasteiger partial charge in [0.25, 0.3) is 5.91 Å². The van der Waals surface area contributed by atoms with Gasteiger partial charge in [0.05, 0.1) is 11.3 Å². The molecule has 1 aromatic carbocycles. The fourth-order valence-electron chi connectivity index (χ4n) is 1.54. The minimum Gasteiger partial charge on any atom is -0.321 e. The minimum atomic E-state index is -0.425. The number of nitrogens with zero attached hydrogens (tertiary/aromatic N) is 1. The van der Waals surface area contributed by atoms with Gasteiger partial charge in [-0.05, 0) is 40.2 Å². The Labute approximate surface area is 117 Å². The van der Waals surface area contributed by atoms with Crippen LogP contribution in [-0.4, -0.2) is 10.5 Å². The molecule has 1 aromatic heterocycles. The van der Waals surface area contributed by atoms with E-state index in [0.29, 0.717) is 15.7 Å². The Hall–Kier alpha value is -1.95. The van der Waals surface area contributed by atoms with Crippen LogP contribution >= 0.6 is 15.9 Å². The van der Waals surface area contributed by atoms with Crippen molar-refractivity contribution in [3.05, 3.63) is 62.7 Å². The summed E-state index contributed by atoms with van der Waals surface area (Å²) in [7, 11) is 1.59. The zero-order valence-electron chi connectivity index (χ0n) is 9.98. The molecule has 1 amide bonds. The van der Waals surface area contributed by atoms with E-state index >= 15 is 0 Å². The topological polar surface area (TPSA) is 51.1 Å². The van der Waals surface area contributed by atoms with Gasteiger partial charge in [-0.2, -0.15) is 0 Å². The molecule has 0 aliphatic heterocycles. The van der Waals surface area contributed by atoms with E-state index in [1.54, 1.807) is 7.05 Å². The molecular formula is C13H10BrFN2O2. The van der Waals surface area contributed by atoms with Gasteiger partial charge in [-0.15, -0.1) is 0 Å². The van der Waals surface area contributed by atoms with Crippen molar-refractivity contribution in [2.45, 2.75) is 0 Å². The van der Waals surface area contributed by atoms with Gasteiger partial charge in [-0.1, -0.05) is 0 Å². The number of carbonyl (C=O) groups excluding carboxylic acids is 1. The third-order valence-electron chi connectivity index (χ3n) is 2.52.